The lowest BCUT2D eigenvalue weighted by Gasteiger charge is -2.16. The third-order valence-electron chi connectivity index (χ3n) is 2.39. The van der Waals surface area contributed by atoms with Crippen molar-refractivity contribution in [1.29, 1.82) is 0 Å². The van der Waals surface area contributed by atoms with Crippen LogP contribution in [0.15, 0.2) is 23.8 Å². The highest BCUT2D eigenvalue weighted by atomic mass is 79.9. The fraction of sp³-hybridized carbons (Fsp3) is 0.182. The maximum Gasteiger partial charge on any atom is 0.147 e. The number of benzene rings is 1. The second-order valence-electron chi connectivity index (χ2n) is 3.26. The average Bonchev–Trinajstić information content (AvgIpc) is 2.18. The second-order valence-corrected chi connectivity index (χ2v) is 4.49. The van der Waals surface area contributed by atoms with Crippen molar-refractivity contribution in [1.82, 2.24) is 0 Å². The Morgan fingerprint density at radius 3 is 2.86 bits per heavy atom. The van der Waals surface area contributed by atoms with Crippen LogP contribution in [-0.4, -0.2) is 6.29 Å². The summed E-state index contributed by atoms with van der Waals surface area (Å²) in [7, 11) is 0. The molecule has 0 amide bonds. The predicted octanol–water partition coefficient (Wildman–Crippen LogP) is 3.59. The Morgan fingerprint density at radius 1 is 1.36 bits per heavy atom. The van der Waals surface area contributed by atoms with Gasteiger partial charge in [-0.1, -0.05) is 17.7 Å². The van der Waals surface area contributed by atoms with Gasteiger partial charge in [-0.25, -0.2) is 0 Å². The highest BCUT2D eigenvalue weighted by Crippen LogP contribution is 2.35. The summed E-state index contributed by atoms with van der Waals surface area (Å²) in [6.07, 6.45) is 2.60. The van der Waals surface area contributed by atoms with Gasteiger partial charge in [-0.05, 0) is 52.0 Å². The fourth-order valence-electron chi connectivity index (χ4n) is 1.65. The molecular weight excluding hydrogens is 263 g/mol. The maximum atomic E-state index is 10.7. The molecule has 3 heteroatoms. The third kappa shape index (κ3) is 1.64. The molecule has 0 bridgehead atoms. The van der Waals surface area contributed by atoms with E-state index < -0.39 is 0 Å². The number of carbonyl (C=O) groups is 1. The van der Waals surface area contributed by atoms with Crippen LogP contribution in [0.3, 0.4) is 0 Å². The number of aldehydes is 1. The topological polar surface area (TPSA) is 17.1 Å². The number of carbonyl (C=O) groups excluding carboxylic acids is 1. The zero-order valence-corrected chi connectivity index (χ0v) is 9.73. The van der Waals surface area contributed by atoms with Crippen molar-refractivity contribution in [3.8, 4) is 0 Å². The van der Waals surface area contributed by atoms with Gasteiger partial charge in [-0.15, -0.1) is 0 Å². The number of halogens is 2. The van der Waals surface area contributed by atoms with E-state index in [-0.39, 0.29) is 0 Å². The van der Waals surface area contributed by atoms with E-state index in [0.717, 1.165) is 39.8 Å². The Balaban J connectivity index is 2.58. The lowest BCUT2D eigenvalue weighted by Crippen LogP contribution is -2.02. The number of allylic oxidation sites excluding steroid dienone is 1. The summed E-state index contributed by atoms with van der Waals surface area (Å²) in [4.78, 5) is 10.7. The van der Waals surface area contributed by atoms with Crippen LogP contribution in [0.5, 0.6) is 0 Å². The molecule has 0 spiro atoms. The summed E-state index contributed by atoms with van der Waals surface area (Å²) in [5.41, 5.74) is 3.12. The molecule has 14 heavy (non-hydrogen) atoms. The van der Waals surface area contributed by atoms with Crippen molar-refractivity contribution >= 4 is 38.3 Å². The maximum absolute atomic E-state index is 10.7. The van der Waals surface area contributed by atoms with Crippen molar-refractivity contribution in [3.63, 3.8) is 0 Å². The molecule has 0 aromatic heterocycles. The van der Waals surface area contributed by atoms with Gasteiger partial charge < -0.3 is 0 Å². The van der Waals surface area contributed by atoms with E-state index in [0.29, 0.717) is 0 Å². The van der Waals surface area contributed by atoms with Crippen LogP contribution in [0.1, 0.15) is 17.5 Å². The quantitative estimate of drug-likeness (QED) is 0.713. The van der Waals surface area contributed by atoms with Gasteiger partial charge in [0.05, 0.1) is 0 Å². The Bertz CT molecular complexity index is 423. The monoisotopic (exact) mass is 270 g/mol. The molecule has 0 atom stereocenters. The van der Waals surface area contributed by atoms with E-state index in [1.165, 1.54) is 5.56 Å². The minimum absolute atomic E-state index is 0.749. The first-order valence-electron chi connectivity index (χ1n) is 4.35. The molecule has 0 saturated carbocycles. The molecule has 0 aliphatic heterocycles. The van der Waals surface area contributed by atoms with E-state index in [1.807, 2.05) is 18.2 Å². The van der Waals surface area contributed by atoms with Crippen LogP contribution in [0, 0.1) is 0 Å². The van der Waals surface area contributed by atoms with Gasteiger partial charge in [0.1, 0.15) is 6.29 Å². The molecule has 0 unspecified atom stereocenters. The number of fused-ring (bicyclic) bond motifs is 1. The largest absolute Gasteiger partial charge is 0.298 e. The molecule has 1 aromatic rings. The normalized spacial score (nSPS) is 15.3. The molecule has 0 saturated heterocycles. The summed E-state index contributed by atoms with van der Waals surface area (Å²) in [6.45, 7) is 0. The standard InChI is InChI=1S/C11H8BrClO/c12-11-8(6-14)2-1-7-5-9(13)3-4-10(7)11/h3-6H,1-2H2. The highest BCUT2D eigenvalue weighted by molar-refractivity contribution is 9.15. The lowest BCUT2D eigenvalue weighted by atomic mass is 9.93. The van der Waals surface area contributed by atoms with Crippen molar-refractivity contribution in [2.24, 2.45) is 0 Å². The van der Waals surface area contributed by atoms with Gasteiger partial charge in [-0.3, -0.25) is 4.79 Å². The number of rotatable bonds is 1. The molecule has 1 nitrogen and oxygen atoms in total. The zero-order chi connectivity index (χ0) is 10.1. The van der Waals surface area contributed by atoms with Gasteiger partial charge >= 0.3 is 0 Å². The molecule has 0 heterocycles. The van der Waals surface area contributed by atoms with Crippen LogP contribution < -0.4 is 0 Å². The average molecular weight is 272 g/mol. The molecule has 0 fully saturated rings. The van der Waals surface area contributed by atoms with Crippen LogP contribution in [0.4, 0.5) is 0 Å². The van der Waals surface area contributed by atoms with Gasteiger partial charge in [-0.2, -0.15) is 0 Å². The Kier molecular flexibility index (Phi) is 2.75. The molecule has 1 aliphatic rings. The number of hydrogen-bond acceptors (Lipinski definition) is 1. The van der Waals surface area contributed by atoms with Gasteiger partial charge in [0.2, 0.25) is 0 Å². The molecule has 1 aromatic carbocycles. The van der Waals surface area contributed by atoms with Gasteiger partial charge in [0, 0.05) is 15.1 Å². The predicted molar refractivity (Wildman–Crippen MR) is 61.7 cm³/mol. The third-order valence-corrected chi connectivity index (χ3v) is 3.56. The SMILES string of the molecule is O=CC1=C(Br)c2ccc(Cl)cc2CC1. The smallest absolute Gasteiger partial charge is 0.147 e. The fourth-order valence-corrected chi connectivity index (χ4v) is 2.52. The molecule has 1 aliphatic carbocycles. The summed E-state index contributed by atoms with van der Waals surface area (Å²) in [6, 6.07) is 5.75. The Morgan fingerprint density at radius 2 is 2.14 bits per heavy atom. The summed E-state index contributed by atoms with van der Waals surface area (Å²) in [5.74, 6) is 0. The van der Waals surface area contributed by atoms with Crippen LogP contribution >= 0.6 is 27.5 Å². The first-order chi connectivity index (χ1) is 6.72. The number of hydrogen-bond donors (Lipinski definition) is 0. The first kappa shape index (κ1) is 9.94. The van der Waals surface area contributed by atoms with Crippen LogP contribution in [0.2, 0.25) is 5.02 Å². The summed E-state index contributed by atoms with van der Waals surface area (Å²) < 4.78 is 0.908. The minimum atomic E-state index is 0.749. The van der Waals surface area contributed by atoms with Crippen LogP contribution in [0.25, 0.3) is 4.48 Å². The van der Waals surface area contributed by atoms with E-state index in [2.05, 4.69) is 15.9 Å². The Hall–Kier alpha value is -0.600. The van der Waals surface area contributed by atoms with Crippen molar-refractivity contribution in [2.75, 3.05) is 0 Å². The van der Waals surface area contributed by atoms with Crippen molar-refractivity contribution in [2.45, 2.75) is 12.8 Å². The van der Waals surface area contributed by atoms with Gasteiger partial charge in [0.25, 0.3) is 0 Å². The van der Waals surface area contributed by atoms with Crippen molar-refractivity contribution in [3.05, 3.63) is 39.9 Å². The van der Waals surface area contributed by atoms with E-state index in [9.17, 15) is 4.79 Å². The molecule has 0 radical (unpaired) electrons. The molecule has 2 rings (SSSR count). The highest BCUT2D eigenvalue weighted by Gasteiger charge is 2.16. The summed E-state index contributed by atoms with van der Waals surface area (Å²) >= 11 is 9.34. The Labute approximate surface area is 95.9 Å². The van der Waals surface area contributed by atoms with E-state index in [4.69, 9.17) is 11.6 Å². The van der Waals surface area contributed by atoms with Crippen molar-refractivity contribution < 1.29 is 4.79 Å². The summed E-state index contributed by atoms with van der Waals surface area (Å²) in [5, 5.41) is 0.749. The molecular formula is C11H8BrClO. The lowest BCUT2D eigenvalue weighted by molar-refractivity contribution is -0.105. The van der Waals surface area contributed by atoms with Gasteiger partial charge in [0.15, 0.2) is 0 Å². The minimum Gasteiger partial charge on any atom is -0.298 e. The molecule has 72 valence electrons. The van der Waals surface area contributed by atoms with E-state index in [1.54, 1.807) is 0 Å². The number of aryl methyl sites for hydroxylation is 1. The van der Waals surface area contributed by atoms with Crippen LogP contribution in [-0.2, 0) is 11.2 Å². The first-order valence-corrected chi connectivity index (χ1v) is 5.52. The molecule has 0 N–H and O–H groups in total. The second kappa shape index (κ2) is 3.87. The van der Waals surface area contributed by atoms with E-state index >= 15 is 0 Å². The zero-order valence-electron chi connectivity index (χ0n) is 7.39.